The van der Waals surface area contributed by atoms with Crippen LogP contribution in [0.3, 0.4) is 0 Å². The normalized spacial score (nSPS) is 13.4. The molecular weight excluding hydrogens is 396 g/mol. The first-order valence-corrected chi connectivity index (χ1v) is 11.7. The molecule has 154 valence electrons. The second-order valence-corrected chi connectivity index (χ2v) is 9.46. The van der Waals surface area contributed by atoms with Crippen LogP contribution in [0.4, 0.5) is 0 Å². The smallest absolute Gasteiger partial charge is 0.193 e. The molecule has 2 rings (SSSR count). The molecule has 1 heterocycles. The Balaban J connectivity index is 1.87. The predicted molar refractivity (Wildman–Crippen MR) is 114 cm³/mol. The quantitative estimate of drug-likeness (QED) is 0.518. The Labute approximate surface area is 171 Å². The van der Waals surface area contributed by atoms with E-state index in [0.717, 1.165) is 28.6 Å². The molecule has 0 radical (unpaired) electrons. The highest BCUT2D eigenvalue weighted by Crippen LogP contribution is 2.20. The van der Waals surface area contributed by atoms with E-state index in [4.69, 9.17) is 4.74 Å². The van der Waals surface area contributed by atoms with E-state index in [-0.39, 0.29) is 6.10 Å². The molecule has 0 fully saturated rings. The van der Waals surface area contributed by atoms with Crippen molar-refractivity contribution in [3.8, 4) is 0 Å². The number of aliphatic imine (C=N–C) groups is 1. The van der Waals surface area contributed by atoms with Crippen LogP contribution < -0.4 is 5.32 Å². The summed E-state index contributed by atoms with van der Waals surface area (Å²) in [4.78, 5) is 11.3. The maximum Gasteiger partial charge on any atom is 0.193 e. The largest absolute Gasteiger partial charge is 0.375 e. The Kier molecular flexibility index (Phi) is 7.97. The maximum absolute atomic E-state index is 11.5. The standard InChI is InChI=1S/C19H28N4O3S2/c1-14(26-4)18-22-16(13-27-18)12-23(3)19(20-2)21-11-10-15-6-8-17(9-7-15)28(5,24)25/h6-9,13-14H,10-12H2,1-5H3,(H,20,21). The number of benzene rings is 1. The average molecular weight is 425 g/mol. The SMILES string of the molecule is CN=C(NCCc1ccc(S(C)(=O)=O)cc1)N(C)Cc1csc(C(C)OC)n1. The van der Waals surface area contributed by atoms with E-state index in [9.17, 15) is 8.42 Å². The Morgan fingerprint density at radius 1 is 1.36 bits per heavy atom. The second kappa shape index (κ2) is 9.99. The summed E-state index contributed by atoms with van der Waals surface area (Å²) in [6.45, 7) is 3.32. The van der Waals surface area contributed by atoms with E-state index in [1.165, 1.54) is 6.26 Å². The molecule has 2 aromatic rings. The minimum absolute atomic E-state index is 0.00409. The second-order valence-electron chi connectivity index (χ2n) is 6.55. The number of hydrogen-bond acceptors (Lipinski definition) is 6. The van der Waals surface area contributed by atoms with Gasteiger partial charge in [0.1, 0.15) is 11.1 Å². The lowest BCUT2D eigenvalue weighted by Gasteiger charge is -2.21. The number of sulfone groups is 1. The van der Waals surface area contributed by atoms with Crippen molar-refractivity contribution in [3.05, 3.63) is 45.9 Å². The minimum atomic E-state index is -3.16. The number of rotatable bonds is 8. The Morgan fingerprint density at radius 3 is 2.61 bits per heavy atom. The van der Waals surface area contributed by atoms with Crippen LogP contribution in [0.25, 0.3) is 0 Å². The molecule has 1 unspecified atom stereocenters. The van der Waals surface area contributed by atoms with Crippen molar-refractivity contribution in [3.63, 3.8) is 0 Å². The number of ether oxygens (including phenoxy) is 1. The lowest BCUT2D eigenvalue weighted by molar-refractivity contribution is 0.119. The van der Waals surface area contributed by atoms with Crippen LogP contribution in [0.15, 0.2) is 39.5 Å². The van der Waals surface area contributed by atoms with Crippen LogP contribution in [-0.4, -0.2) is 58.3 Å². The molecule has 0 amide bonds. The molecule has 28 heavy (non-hydrogen) atoms. The van der Waals surface area contributed by atoms with Crippen molar-refractivity contribution in [2.45, 2.75) is 30.9 Å². The summed E-state index contributed by atoms with van der Waals surface area (Å²) >= 11 is 1.60. The fourth-order valence-corrected chi connectivity index (χ4v) is 4.08. The summed E-state index contributed by atoms with van der Waals surface area (Å²) in [6.07, 6.45) is 1.98. The van der Waals surface area contributed by atoms with Crippen molar-refractivity contribution in [1.82, 2.24) is 15.2 Å². The van der Waals surface area contributed by atoms with Gasteiger partial charge in [-0.15, -0.1) is 11.3 Å². The number of nitrogens with zero attached hydrogens (tertiary/aromatic N) is 3. The van der Waals surface area contributed by atoms with Crippen molar-refractivity contribution in [2.75, 3.05) is 34.0 Å². The molecule has 1 N–H and O–H groups in total. The summed E-state index contributed by atoms with van der Waals surface area (Å²) in [6, 6.07) is 6.98. The first-order valence-electron chi connectivity index (χ1n) is 8.92. The molecule has 7 nitrogen and oxygen atoms in total. The van der Waals surface area contributed by atoms with Crippen LogP contribution in [0.2, 0.25) is 0 Å². The van der Waals surface area contributed by atoms with E-state index in [1.807, 2.05) is 36.4 Å². The van der Waals surface area contributed by atoms with E-state index < -0.39 is 9.84 Å². The zero-order valence-corrected chi connectivity index (χ0v) is 18.6. The zero-order valence-electron chi connectivity index (χ0n) is 17.0. The third-order valence-corrected chi connectivity index (χ3v) is 6.47. The molecule has 0 aliphatic heterocycles. The number of methoxy groups -OCH3 is 1. The van der Waals surface area contributed by atoms with Gasteiger partial charge in [-0.1, -0.05) is 12.1 Å². The van der Waals surface area contributed by atoms with Crippen molar-refractivity contribution < 1.29 is 13.2 Å². The molecule has 0 spiro atoms. The van der Waals surface area contributed by atoms with Crippen molar-refractivity contribution in [1.29, 1.82) is 0 Å². The van der Waals surface area contributed by atoms with Gasteiger partial charge < -0.3 is 15.0 Å². The molecule has 0 saturated carbocycles. The molecule has 1 aromatic heterocycles. The monoisotopic (exact) mass is 424 g/mol. The van der Waals surface area contributed by atoms with E-state index in [0.29, 0.717) is 18.0 Å². The summed E-state index contributed by atoms with van der Waals surface area (Å²) in [5.74, 6) is 0.780. The van der Waals surface area contributed by atoms with Crippen LogP contribution in [-0.2, 0) is 27.5 Å². The number of guanidine groups is 1. The molecule has 1 atom stereocenters. The molecule has 0 aliphatic rings. The van der Waals surface area contributed by atoms with Gasteiger partial charge >= 0.3 is 0 Å². The van der Waals surface area contributed by atoms with E-state index in [1.54, 1.807) is 37.6 Å². The molecule has 0 saturated heterocycles. The minimum Gasteiger partial charge on any atom is -0.375 e. The van der Waals surface area contributed by atoms with Gasteiger partial charge in [-0.25, -0.2) is 13.4 Å². The Morgan fingerprint density at radius 2 is 2.04 bits per heavy atom. The van der Waals surface area contributed by atoms with E-state index in [2.05, 4.69) is 15.3 Å². The fourth-order valence-electron chi connectivity index (χ4n) is 2.61. The highest BCUT2D eigenvalue weighted by atomic mass is 32.2. The lowest BCUT2D eigenvalue weighted by Crippen LogP contribution is -2.39. The third-order valence-electron chi connectivity index (χ3n) is 4.29. The lowest BCUT2D eigenvalue weighted by atomic mass is 10.1. The average Bonchev–Trinajstić information content (AvgIpc) is 3.12. The summed E-state index contributed by atoms with van der Waals surface area (Å²) in [5.41, 5.74) is 2.04. The molecule has 9 heteroatoms. The van der Waals surface area contributed by atoms with Gasteiger partial charge in [-0.3, -0.25) is 4.99 Å². The number of aromatic nitrogens is 1. The van der Waals surface area contributed by atoms with Gasteiger partial charge in [0.05, 0.1) is 17.1 Å². The first kappa shape index (κ1) is 22.3. The molecule has 0 aliphatic carbocycles. The molecule has 0 bridgehead atoms. The maximum atomic E-state index is 11.5. The highest BCUT2D eigenvalue weighted by molar-refractivity contribution is 7.90. The molecular formula is C19H28N4O3S2. The van der Waals surface area contributed by atoms with Crippen LogP contribution in [0.1, 0.15) is 29.3 Å². The topological polar surface area (TPSA) is 83.9 Å². The highest BCUT2D eigenvalue weighted by Gasteiger charge is 2.12. The van der Waals surface area contributed by atoms with Crippen LogP contribution >= 0.6 is 11.3 Å². The Bertz CT molecular complexity index is 892. The van der Waals surface area contributed by atoms with Gasteiger partial charge in [0.2, 0.25) is 0 Å². The van der Waals surface area contributed by atoms with Gasteiger partial charge in [0.25, 0.3) is 0 Å². The van der Waals surface area contributed by atoms with Gasteiger partial charge in [-0.05, 0) is 31.0 Å². The number of thiazole rings is 1. The summed E-state index contributed by atoms with van der Waals surface area (Å²) in [5, 5.41) is 6.34. The number of hydrogen-bond donors (Lipinski definition) is 1. The van der Waals surface area contributed by atoms with Crippen molar-refractivity contribution >= 4 is 27.1 Å². The van der Waals surface area contributed by atoms with E-state index >= 15 is 0 Å². The van der Waals surface area contributed by atoms with Crippen LogP contribution in [0.5, 0.6) is 0 Å². The summed E-state index contributed by atoms with van der Waals surface area (Å²) < 4.78 is 28.4. The zero-order chi connectivity index (χ0) is 20.7. The predicted octanol–water partition coefficient (Wildman–Crippen LogP) is 2.50. The summed E-state index contributed by atoms with van der Waals surface area (Å²) in [7, 11) is 2.24. The third kappa shape index (κ3) is 6.29. The van der Waals surface area contributed by atoms with Gasteiger partial charge in [0.15, 0.2) is 15.8 Å². The number of nitrogens with one attached hydrogen (secondary N) is 1. The molecule has 1 aromatic carbocycles. The first-order chi connectivity index (χ1) is 13.2. The van der Waals surface area contributed by atoms with Gasteiger partial charge in [-0.2, -0.15) is 0 Å². The van der Waals surface area contributed by atoms with Crippen LogP contribution in [0, 0.1) is 0 Å². The Hall–Kier alpha value is -1.97. The fraction of sp³-hybridized carbons (Fsp3) is 0.474. The van der Waals surface area contributed by atoms with Crippen molar-refractivity contribution in [2.24, 2.45) is 4.99 Å². The van der Waals surface area contributed by atoms with Gasteiger partial charge in [0, 0.05) is 39.4 Å².